The number of benzene rings is 1. The number of rotatable bonds is 8. The number of fused-ring (bicyclic) bond motifs is 1. The average Bonchev–Trinajstić information content (AvgIpc) is 3.25. The van der Waals surface area contributed by atoms with Gasteiger partial charge in [-0.2, -0.15) is 13.2 Å². The monoisotopic (exact) mass is 563 g/mol. The van der Waals surface area contributed by atoms with Crippen molar-refractivity contribution in [2.24, 2.45) is 0 Å². The van der Waals surface area contributed by atoms with Crippen LogP contribution in [0.1, 0.15) is 17.8 Å². The molecule has 1 aromatic carbocycles. The van der Waals surface area contributed by atoms with E-state index in [9.17, 15) is 17.4 Å². The van der Waals surface area contributed by atoms with Crippen molar-refractivity contribution in [3.63, 3.8) is 0 Å². The molecule has 2 unspecified atom stereocenters. The number of thiazole rings is 1. The quantitative estimate of drug-likeness (QED) is 0.273. The molecule has 0 spiro atoms. The van der Waals surface area contributed by atoms with Crippen LogP contribution in [0.3, 0.4) is 0 Å². The highest BCUT2D eigenvalue weighted by Gasteiger charge is 2.31. The van der Waals surface area contributed by atoms with Crippen LogP contribution in [0.4, 0.5) is 24.8 Å². The van der Waals surface area contributed by atoms with Crippen LogP contribution in [0.15, 0.2) is 42.7 Å². The van der Waals surface area contributed by atoms with Gasteiger partial charge in [-0.1, -0.05) is 0 Å². The van der Waals surface area contributed by atoms with Crippen LogP contribution < -0.4 is 20.1 Å². The van der Waals surface area contributed by atoms with Gasteiger partial charge >= 0.3 is 6.18 Å². The molecule has 3 aromatic heterocycles. The van der Waals surface area contributed by atoms with Crippen LogP contribution in [-0.4, -0.2) is 55.2 Å². The minimum Gasteiger partial charge on any atom is -0.435 e. The summed E-state index contributed by atoms with van der Waals surface area (Å²) in [6.07, 6.45) is 0.776. The van der Waals surface area contributed by atoms with Gasteiger partial charge in [0.25, 0.3) is 0 Å². The predicted molar refractivity (Wildman–Crippen MR) is 142 cm³/mol. The number of nitrogens with zero attached hydrogens (tertiary/aromatic N) is 4. The second-order valence-electron chi connectivity index (χ2n) is 8.64. The number of halogens is 3. The summed E-state index contributed by atoms with van der Waals surface area (Å²) in [7, 11) is -2.35. The summed E-state index contributed by atoms with van der Waals surface area (Å²) in [6.45, 7) is 3.71. The molecule has 0 saturated carbocycles. The lowest BCUT2D eigenvalue weighted by molar-refractivity contribution is -0.105. The first-order valence-corrected chi connectivity index (χ1v) is 13.9. The molecule has 1 aliphatic rings. The number of anilines is 2. The summed E-state index contributed by atoms with van der Waals surface area (Å²) >= 11 is 1.42. The number of piperidine rings is 1. The van der Waals surface area contributed by atoms with Crippen molar-refractivity contribution in [3.8, 4) is 22.2 Å². The summed E-state index contributed by atoms with van der Waals surface area (Å²) in [4.78, 5) is 18.6. The van der Waals surface area contributed by atoms with E-state index in [1.54, 1.807) is 36.7 Å². The number of aryl methyl sites for hydroxylation is 1. The van der Waals surface area contributed by atoms with E-state index in [1.165, 1.54) is 17.4 Å². The standard InChI is InChI=1S/C24H24F3N7O2S2/c1-14-31-22(21(37-14)18-8-11-30-23(33-18)32-15-4-2-9-28-12-15)36-19-7-6-17(16-5-3-10-29-20(16)19)34-38(35)13-24(25,26)27/h3,5-8,10-11,15,28,34H,2,4,9,12-13H2,1H3,(H,30,32,33). The van der Waals surface area contributed by atoms with E-state index in [4.69, 9.17) is 4.74 Å². The molecule has 0 bridgehead atoms. The van der Waals surface area contributed by atoms with Gasteiger partial charge in [0.1, 0.15) is 27.1 Å². The molecule has 200 valence electrons. The lowest BCUT2D eigenvalue weighted by Crippen LogP contribution is -2.38. The maximum Gasteiger partial charge on any atom is 0.402 e. The first-order valence-electron chi connectivity index (χ1n) is 11.8. The minimum absolute atomic E-state index is 0.243. The van der Waals surface area contributed by atoms with Gasteiger partial charge in [0.05, 0.1) is 16.4 Å². The molecule has 1 aliphatic heterocycles. The lowest BCUT2D eigenvalue weighted by atomic mass is 10.1. The summed E-state index contributed by atoms with van der Waals surface area (Å²) in [5, 5.41) is 7.95. The number of hydrogen-bond acceptors (Lipinski definition) is 9. The zero-order chi connectivity index (χ0) is 26.7. The molecule has 9 nitrogen and oxygen atoms in total. The Kier molecular flexibility index (Phi) is 7.72. The van der Waals surface area contributed by atoms with Gasteiger partial charge in [0.15, 0.2) is 5.75 Å². The molecule has 14 heteroatoms. The third kappa shape index (κ3) is 6.37. The average molecular weight is 564 g/mol. The molecule has 1 saturated heterocycles. The largest absolute Gasteiger partial charge is 0.435 e. The lowest BCUT2D eigenvalue weighted by Gasteiger charge is -2.23. The van der Waals surface area contributed by atoms with Crippen LogP contribution in [-0.2, 0) is 11.0 Å². The van der Waals surface area contributed by atoms with Gasteiger partial charge in [-0.15, -0.1) is 11.3 Å². The summed E-state index contributed by atoms with van der Waals surface area (Å²) in [5.41, 5.74) is 1.28. The van der Waals surface area contributed by atoms with Crippen molar-refractivity contribution >= 4 is 44.9 Å². The van der Waals surface area contributed by atoms with Crippen molar-refractivity contribution in [1.82, 2.24) is 25.3 Å². The van der Waals surface area contributed by atoms with E-state index < -0.39 is 22.9 Å². The smallest absolute Gasteiger partial charge is 0.402 e. The van der Waals surface area contributed by atoms with Crippen LogP contribution in [0.5, 0.6) is 11.6 Å². The SMILES string of the molecule is Cc1nc(Oc2ccc(NS(=O)CC(F)(F)F)c3cccnc23)c(-c2ccnc(NC3CCCNC3)n2)s1. The van der Waals surface area contributed by atoms with E-state index >= 15 is 0 Å². The van der Waals surface area contributed by atoms with Crippen molar-refractivity contribution in [3.05, 3.63) is 47.7 Å². The zero-order valence-corrected chi connectivity index (χ0v) is 21.8. The molecular formula is C24H24F3N7O2S2. The molecule has 3 N–H and O–H groups in total. The Morgan fingerprint density at radius 1 is 1.18 bits per heavy atom. The molecule has 0 radical (unpaired) electrons. The number of nitrogens with one attached hydrogen (secondary N) is 3. The van der Waals surface area contributed by atoms with Crippen LogP contribution in [0.2, 0.25) is 0 Å². The van der Waals surface area contributed by atoms with Crippen LogP contribution in [0, 0.1) is 6.92 Å². The summed E-state index contributed by atoms with van der Waals surface area (Å²) in [5.74, 6) is -0.283. The van der Waals surface area contributed by atoms with Gasteiger partial charge in [0, 0.05) is 30.4 Å². The maximum atomic E-state index is 12.7. The second-order valence-corrected chi connectivity index (χ2v) is 11.0. The predicted octanol–water partition coefficient (Wildman–Crippen LogP) is 5.05. The molecule has 1 fully saturated rings. The molecular weight excluding hydrogens is 539 g/mol. The topological polar surface area (TPSA) is 114 Å². The van der Waals surface area contributed by atoms with E-state index in [-0.39, 0.29) is 11.7 Å². The fourth-order valence-corrected chi connectivity index (χ4v) is 5.69. The third-order valence-electron chi connectivity index (χ3n) is 5.68. The number of hydrogen-bond donors (Lipinski definition) is 3. The van der Waals surface area contributed by atoms with Crippen molar-refractivity contribution in [2.45, 2.75) is 32.0 Å². The van der Waals surface area contributed by atoms with Crippen molar-refractivity contribution in [1.29, 1.82) is 0 Å². The van der Waals surface area contributed by atoms with Crippen LogP contribution >= 0.6 is 11.3 Å². The molecule has 4 aromatic rings. The van der Waals surface area contributed by atoms with Gasteiger partial charge in [0.2, 0.25) is 11.8 Å². The highest BCUT2D eigenvalue weighted by atomic mass is 32.2. The Bertz CT molecular complexity index is 1460. The number of ether oxygens (including phenoxy) is 1. The zero-order valence-electron chi connectivity index (χ0n) is 20.2. The van der Waals surface area contributed by atoms with Gasteiger partial charge in [-0.3, -0.25) is 4.98 Å². The normalized spacial score (nSPS) is 16.8. The highest BCUT2D eigenvalue weighted by Crippen LogP contribution is 2.40. The Morgan fingerprint density at radius 3 is 2.84 bits per heavy atom. The number of aromatic nitrogens is 4. The Hall–Kier alpha value is -3.36. The molecule has 38 heavy (non-hydrogen) atoms. The first-order chi connectivity index (χ1) is 18.2. The van der Waals surface area contributed by atoms with Gasteiger partial charge in [-0.25, -0.2) is 19.2 Å². The summed E-state index contributed by atoms with van der Waals surface area (Å²) < 4.78 is 58.6. The van der Waals surface area contributed by atoms with Crippen molar-refractivity contribution in [2.75, 3.05) is 28.9 Å². The van der Waals surface area contributed by atoms with Gasteiger partial charge < -0.3 is 20.1 Å². The molecule has 0 aliphatic carbocycles. The Morgan fingerprint density at radius 2 is 2.05 bits per heavy atom. The van der Waals surface area contributed by atoms with Crippen molar-refractivity contribution < 1.29 is 22.1 Å². The maximum absolute atomic E-state index is 12.7. The van der Waals surface area contributed by atoms with E-state index in [2.05, 4.69) is 35.3 Å². The minimum atomic E-state index is -4.56. The number of pyridine rings is 1. The van der Waals surface area contributed by atoms with E-state index in [1.807, 2.05) is 6.92 Å². The fraction of sp³-hybridized carbons (Fsp3) is 0.333. The fourth-order valence-electron chi connectivity index (χ4n) is 4.08. The first kappa shape index (κ1) is 26.3. The molecule has 0 amide bonds. The Labute approximate surface area is 222 Å². The summed E-state index contributed by atoms with van der Waals surface area (Å²) in [6, 6.07) is 8.40. The van der Waals surface area contributed by atoms with Gasteiger partial charge in [-0.05, 0) is 56.6 Å². The second kappa shape index (κ2) is 11.2. The van der Waals surface area contributed by atoms with Crippen LogP contribution in [0.25, 0.3) is 21.5 Å². The Balaban J connectivity index is 1.42. The molecule has 5 rings (SSSR count). The third-order valence-corrected chi connectivity index (χ3v) is 7.69. The van der Waals surface area contributed by atoms with E-state index in [0.29, 0.717) is 39.1 Å². The van der Waals surface area contributed by atoms with E-state index in [0.717, 1.165) is 30.9 Å². The number of alkyl halides is 3. The highest BCUT2D eigenvalue weighted by molar-refractivity contribution is 7.86. The molecule has 2 atom stereocenters. The molecule has 4 heterocycles.